The molecule has 3 aromatic rings. The maximum absolute atomic E-state index is 12.6. The molecule has 29 heavy (non-hydrogen) atoms. The molecular weight excluding hydrogens is 368 g/mol. The SMILES string of the molecule is CCOc1ccc(C2CN(c3nc(-c4ccncc4)cc(=O)n3C)CCO2)cc1. The highest BCUT2D eigenvalue weighted by atomic mass is 16.5. The van der Waals surface area contributed by atoms with E-state index in [-0.39, 0.29) is 11.7 Å². The normalized spacial score (nSPS) is 16.6. The summed E-state index contributed by atoms with van der Waals surface area (Å²) in [7, 11) is 1.75. The van der Waals surface area contributed by atoms with Gasteiger partial charge in [-0.1, -0.05) is 12.1 Å². The number of nitrogens with zero attached hydrogens (tertiary/aromatic N) is 4. The van der Waals surface area contributed by atoms with Crippen molar-refractivity contribution in [1.29, 1.82) is 0 Å². The van der Waals surface area contributed by atoms with Crippen molar-refractivity contribution < 1.29 is 9.47 Å². The molecule has 1 fully saturated rings. The van der Waals surface area contributed by atoms with Gasteiger partial charge in [0.25, 0.3) is 5.56 Å². The van der Waals surface area contributed by atoms with Gasteiger partial charge in [-0.05, 0) is 36.8 Å². The largest absolute Gasteiger partial charge is 0.494 e. The van der Waals surface area contributed by atoms with Crippen molar-refractivity contribution in [2.45, 2.75) is 13.0 Å². The van der Waals surface area contributed by atoms with Crippen molar-refractivity contribution in [3.8, 4) is 17.0 Å². The van der Waals surface area contributed by atoms with Crippen molar-refractivity contribution >= 4 is 5.95 Å². The summed E-state index contributed by atoms with van der Waals surface area (Å²) in [6.07, 6.45) is 3.30. The Labute approximate surface area is 169 Å². The number of morpholine rings is 1. The predicted octanol–water partition coefficient (Wildman–Crippen LogP) is 2.82. The van der Waals surface area contributed by atoms with E-state index in [1.54, 1.807) is 30.1 Å². The zero-order valence-corrected chi connectivity index (χ0v) is 16.6. The summed E-state index contributed by atoms with van der Waals surface area (Å²) in [4.78, 5) is 23.5. The molecule has 1 unspecified atom stereocenters. The zero-order valence-electron chi connectivity index (χ0n) is 16.6. The Hall–Kier alpha value is -3.19. The number of anilines is 1. The van der Waals surface area contributed by atoms with Crippen LogP contribution in [0.15, 0.2) is 59.7 Å². The predicted molar refractivity (Wildman–Crippen MR) is 111 cm³/mol. The minimum absolute atomic E-state index is 0.0917. The molecule has 0 N–H and O–H groups in total. The zero-order chi connectivity index (χ0) is 20.2. The van der Waals surface area contributed by atoms with Gasteiger partial charge in [-0.15, -0.1) is 0 Å². The Morgan fingerprint density at radius 1 is 1.17 bits per heavy atom. The van der Waals surface area contributed by atoms with Gasteiger partial charge in [0.2, 0.25) is 5.95 Å². The molecule has 1 aliphatic heterocycles. The highest BCUT2D eigenvalue weighted by Crippen LogP contribution is 2.27. The van der Waals surface area contributed by atoms with Crippen LogP contribution >= 0.6 is 0 Å². The number of hydrogen-bond donors (Lipinski definition) is 0. The van der Waals surface area contributed by atoms with Crippen molar-refractivity contribution in [3.05, 3.63) is 70.8 Å². The summed E-state index contributed by atoms with van der Waals surface area (Å²) in [6.45, 7) is 4.46. The van der Waals surface area contributed by atoms with Gasteiger partial charge in [0.1, 0.15) is 11.9 Å². The van der Waals surface area contributed by atoms with Crippen LogP contribution in [0.3, 0.4) is 0 Å². The van der Waals surface area contributed by atoms with Gasteiger partial charge in [-0.25, -0.2) is 4.98 Å². The molecule has 0 spiro atoms. The average molecular weight is 392 g/mol. The van der Waals surface area contributed by atoms with E-state index in [1.807, 2.05) is 43.3 Å². The lowest BCUT2D eigenvalue weighted by molar-refractivity contribution is 0.0389. The molecule has 1 aromatic carbocycles. The molecule has 4 rings (SSSR count). The third kappa shape index (κ3) is 4.14. The minimum Gasteiger partial charge on any atom is -0.494 e. The summed E-state index contributed by atoms with van der Waals surface area (Å²) in [5.41, 5.74) is 2.50. The van der Waals surface area contributed by atoms with Crippen LogP contribution in [-0.4, -0.2) is 40.8 Å². The fourth-order valence-corrected chi connectivity index (χ4v) is 3.46. The van der Waals surface area contributed by atoms with E-state index in [9.17, 15) is 4.79 Å². The van der Waals surface area contributed by atoms with Crippen LogP contribution in [0.2, 0.25) is 0 Å². The number of ether oxygens (including phenoxy) is 2. The lowest BCUT2D eigenvalue weighted by atomic mass is 10.1. The molecule has 2 aromatic heterocycles. The number of pyridine rings is 1. The van der Waals surface area contributed by atoms with E-state index < -0.39 is 0 Å². The van der Waals surface area contributed by atoms with Crippen LogP contribution < -0.4 is 15.2 Å². The Balaban J connectivity index is 1.61. The average Bonchev–Trinajstić information content (AvgIpc) is 2.77. The van der Waals surface area contributed by atoms with Crippen LogP contribution in [0, 0.1) is 0 Å². The molecular formula is C22H24N4O3. The van der Waals surface area contributed by atoms with E-state index in [0.29, 0.717) is 37.9 Å². The molecule has 1 aliphatic rings. The van der Waals surface area contributed by atoms with Crippen molar-refractivity contribution in [2.24, 2.45) is 7.05 Å². The monoisotopic (exact) mass is 392 g/mol. The van der Waals surface area contributed by atoms with Crippen LogP contribution in [0.25, 0.3) is 11.3 Å². The van der Waals surface area contributed by atoms with Crippen molar-refractivity contribution in [1.82, 2.24) is 14.5 Å². The van der Waals surface area contributed by atoms with Crippen molar-refractivity contribution in [2.75, 3.05) is 31.2 Å². The van der Waals surface area contributed by atoms with E-state index >= 15 is 0 Å². The molecule has 0 bridgehead atoms. The standard InChI is InChI=1S/C22H24N4O3/c1-3-28-18-6-4-17(5-7-18)20-15-26(12-13-29-20)22-24-19(14-21(27)25(22)2)16-8-10-23-11-9-16/h4-11,14,20H,3,12-13,15H2,1-2H3. The van der Waals surface area contributed by atoms with Crippen LogP contribution in [-0.2, 0) is 11.8 Å². The fraction of sp³-hybridized carbons (Fsp3) is 0.318. The van der Waals surface area contributed by atoms with Gasteiger partial charge in [0.15, 0.2) is 0 Å². The van der Waals surface area contributed by atoms with Crippen LogP contribution in [0.1, 0.15) is 18.6 Å². The fourth-order valence-electron chi connectivity index (χ4n) is 3.46. The lowest BCUT2D eigenvalue weighted by Crippen LogP contribution is -2.41. The van der Waals surface area contributed by atoms with Crippen molar-refractivity contribution in [3.63, 3.8) is 0 Å². The topological polar surface area (TPSA) is 69.5 Å². The second-order valence-electron chi connectivity index (χ2n) is 6.88. The van der Waals surface area contributed by atoms with Gasteiger partial charge in [0.05, 0.1) is 25.5 Å². The number of hydrogen-bond acceptors (Lipinski definition) is 6. The summed E-state index contributed by atoms with van der Waals surface area (Å²) in [6, 6.07) is 13.2. The Morgan fingerprint density at radius 3 is 2.66 bits per heavy atom. The van der Waals surface area contributed by atoms with Gasteiger partial charge in [0, 0.05) is 37.6 Å². The first kappa shape index (κ1) is 19.1. The van der Waals surface area contributed by atoms with E-state index in [0.717, 1.165) is 16.9 Å². The number of benzene rings is 1. The molecule has 0 aliphatic carbocycles. The summed E-state index contributed by atoms with van der Waals surface area (Å²) in [5.74, 6) is 1.49. The Bertz CT molecular complexity index is 1020. The van der Waals surface area contributed by atoms with E-state index in [4.69, 9.17) is 14.5 Å². The first-order valence-electron chi connectivity index (χ1n) is 9.73. The van der Waals surface area contributed by atoms with Crippen LogP contribution in [0.5, 0.6) is 5.75 Å². The molecule has 0 saturated carbocycles. The molecule has 3 heterocycles. The molecule has 7 heteroatoms. The maximum atomic E-state index is 12.6. The third-order valence-electron chi connectivity index (χ3n) is 5.00. The summed E-state index contributed by atoms with van der Waals surface area (Å²) >= 11 is 0. The van der Waals surface area contributed by atoms with Gasteiger partial charge >= 0.3 is 0 Å². The maximum Gasteiger partial charge on any atom is 0.255 e. The summed E-state index contributed by atoms with van der Waals surface area (Å²) < 4.78 is 13.1. The third-order valence-corrected chi connectivity index (χ3v) is 5.00. The van der Waals surface area contributed by atoms with Gasteiger partial charge < -0.3 is 14.4 Å². The minimum atomic E-state index is -0.0964. The molecule has 7 nitrogen and oxygen atoms in total. The highest BCUT2D eigenvalue weighted by molar-refractivity contribution is 5.59. The first-order valence-corrected chi connectivity index (χ1v) is 9.73. The number of rotatable bonds is 5. The Morgan fingerprint density at radius 2 is 1.93 bits per heavy atom. The summed E-state index contributed by atoms with van der Waals surface area (Å²) in [5, 5.41) is 0. The lowest BCUT2D eigenvalue weighted by Gasteiger charge is -2.34. The van der Waals surface area contributed by atoms with E-state index in [2.05, 4.69) is 9.88 Å². The molecule has 0 amide bonds. The second-order valence-corrected chi connectivity index (χ2v) is 6.88. The molecule has 150 valence electrons. The first-order chi connectivity index (χ1) is 14.2. The smallest absolute Gasteiger partial charge is 0.255 e. The van der Waals surface area contributed by atoms with Gasteiger partial charge in [-0.3, -0.25) is 14.3 Å². The van der Waals surface area contributed by atoms with Crippen LogP contribution in [0.4, 0.5) is 5.95 Å². The quantitative estimate of drug-likeness (QED) is 0.665. The highest BCUT2D eigenvalue weighted by Gasteiger charge is 2.25. The molecule has 0 radical (unpaired) electrons. The van der Waals surface area contributed by atoms with Gasteiger partial charge in [-0.2, -0.15) is 0 Å². The molecule has 1 saturated heterocycles. The molecule has 1 atom stereocenters. The second kappa shape index (κ2) is 8.45. The number of aromatic nitrogens is 3. The van der Waals surface area contributed by atoms with E-state index in [1.165, 1.54) is 0 Å². The Kier molecular flexibility index (Phi) is 5.57.